The number of hydrogen-bond donors (Lipinski definition) is 3. The van der Waals surface area contributed by atoms with E-state index in [0.717, 1.165) is 42.6 Å². The van der Waals surface area contributed by atoms with Gasteiger partial charge in [-0.3, -0.25) is 9.69 Å². The highest BCUT2D eigenvalue weighted by Crippen LogP contribution is 2.42. The number of benzene rings is 1. The number of rotatable bonds is 6. The number of nitrogen functional groups attached to an aromatic ring is 1. The minimum absolute atomic E-state index is 0.0413. The average molecular weight is 520 g/mol. The normalized spacial score (nSPS) is 20.4. The van der Waals surface area contributed by atoms with Gasteiger partial charge in [0.05, 0.1) is 18.2 Å². The molecule has 0 bridgehead atoms. The number of hydrogen-bond acceptors (Lipinski definition) is 9. The summed E-state index contributed by atoms with van der Waals surface area (Å²) < 4.78 is 5.53. The van der Waals surface area contributed by atoms with Gasteiger partial charge in [0.2, 0.25) is 5.91 Å². The molecule has 1 atom stereocenters. The first kappa shape index (κ1) is 24.1. The molecule has 0 saturated carbocycles. The zero-order valence-corrected chi connectivity index (χ0v) is 21.9. The summed E-state index contributed by atoms with van der Waals surface area (Å²) in [5, 5.41) is 12.1. The van der Waals surface area contributed by atoms with Crippen molar-refractivity contribution in [3.05, 3.63) is 34.5 Å². The number of methoxy groups -OCH3 is 1. The highest BCUT2D eigenvalue weighted by molar-refractivity contribution is 7.19. The third-order valence-corrected chi connectivity index (χ3v) is 9.25. The monoisotopic (exact) mass is 519 g/mol. The molecule has 1 aromatic carbocycles. The SMILES string of the molecule is COc1cc(N)c(C=N)cc1Nc1ncnc2sc3c(c12)CC[C@H](C(=O)N1CC(N2CCCCC2)C1)C3. The van der Waals surface area contributed by atoms with Gasteiger partial charge in [0.25, 0.3) is 0 Å². The van der Waals surface area contributed by atoms with Crippen molar-refractivity contribution >= 4 is 50.9 Å². The summed E-state index contributed by atoms with van der Waals surface area (Å²) in [6, 6.07) is 4.06. The van der Waals surface area contributed by atoms with E-state index in [9.17, 15) is 4.79 Å². The lowest BCUT2D eigenvalue weighted by molar-refractivity contribution is -0.143. The number of carbonyl (C=O) groups is 1. The molecule has 4 N–H and O–H groups in total. The molecule has 6 rings (SSSR count). The van der Waals surface area contributed by atoms with Crippen LogP contribution in [0.1, 0.15) is 41.7 Å². The maximum atomic E-state index is 13.3. The molecule has 2 fully saturated rings. The van der Waals surface area contributed by atoms with Crippen molar-refractivity contribution in [3.63, 3.8) is 0 Å². The first-order valence-electron chi connectivity index (χ1n) is 13.1. The molecular weight excluding hydrogens is 486 g/mol. The number of fused-ring (bicyclic) bond motifs is 3. The van der Waals surface area contributed by atoms with Crippen molar-refractivity contribution in [1.29, 1.82) is 5.41 Å². The average Bonchev–Trinajstić information content (AvgIpc) is 3.28. The molecule has 3 aromatic rings. The van der Waals surface area contributed by atoms with Crippen LogP contribution in [0.25, 0.3) is 10.2 Å². The van der Waals surface area contributed by atoms with E-state index in [4.69, 9.17) is 15.9 Å². The molecule has 2 aromatic heterocycles. The Morgan fingerprint density at radius 2 is 2.05 bits per heavy atom. The summed E-state index contributed by atoms with van der Waals surface area (Å²) in [5.41, 5.74) is 9.06. The number of carbonyl (C=O) groups excluding carboxylic acids is 1. The molecule has 2 aliphatic heterocycles. The number of nitrogens with zero attached hydrogens (tertiary/aromatic N) is 4. The molecule has 37 heavy (non-hydrogen) atoms. The van der Waals surface area contributed by atoms with Crippen molar-refractivity contribution in [1.82, 2.24) is 19.8 Å². The van der Waals surface area contributed by atoms with Crippen molar-refractivity contribution in [2.24, 2.45) is 5.92 Å². The third kappa shape index (κ3) is 4.42. The first-order chi connectivity index (χ1) is 18.1. The maximum absolute atomic E-state index is 13.3. The van der Waals surface area contributed by atoms with E-state index < -0.39 is 0 Å². The number of thiophene rings is 1. The van der Waals surface area contributed by atoms with Gasteiger partial charge in [-0.05, 0) is 56.8 Å². The van der Waals surface area contributed by atoms with Crippen molar-refractivity contribution in [2.75, 3.05) is 44.3 Å². The number of ether oxygens (including phenoxy) is 1. The minimum atomic E-state index is 0.0413. The van der Waals surface area contributed by atoms with E-state index in [1.165, 1.54) is 49.0 Å². The van der Waals surface area contributed by atoms with Crippen molar-refractivity contribution in [3.8, 4) is 5.75 Å². The number of amides is 1. The fourth-order valence-corrected chi connectivity index (χ4v) is 7.22. The highest BCUT2D eigenvalue weighted by atomic mass is 32.1. The Labute approximate surface area is 220 Å². The van der Waals surface area contributed by atoms with Crippen LogP contribution >= 0.6 is 11.3 Å². The fourth-order valence-electron chi connectivity index (χ4n) is 5.96. The maximum Gasteiger partial charge on any atom is 0.226 e. The summed E-state index contributed by atoms with van der Waals surface area (Å²) >= 11 is 1.67. The molecule has 10 heteroatoms. The number of anilines is 3. The minimum Gasteiger partial charge on any atom is -0.494 e. The van der Waals surface area contributed by atoms with Crippen molar-refractivity contribution < 1.29 is 9.53 Å². The first-order valence-corrected chi connectivity index (χ1v) is 13.9. The molecule has 9 nitrogen and oxygen atoms in total. The molecule has 0 spiro atoms. The Morgan fingerprint density at radius 3 is 2.81 bits per heavy atom. The largest absolute Gasteiger partial charge is 0.494 e. The lowest BCUT2D eigenvalue weighted by Gasteiger charge is -2.47. The van der Waals surface area contributed by atoms with Crippen LogP contribution in [0.5, 0.6) is 5.75 Å². The molecule has 1 amide bonds. The molecule has 0 unspecified atom stereocenters. The molecule has 4 heterocycles. The van der Waals surface area contributed by atoms with Gasteiger partial charge in [-0.15, -0.1) is 11.3 Å². The molecule has 2 saturated heterocycles. The van der Waals surface area contributed by atoms with E-state index >= 15 is 0 Å². The van der Waals surface area contributed by atoms with Gasteiger partial charge in [0.1, 0.15) is 22.7 Å². The quantitative estimate of drug-likeness (QED) is 0.334. The van der Waals surface area contributed by atoms with Crippen LogP contribution in [0.2, 0.25) is 0 Å². The number of aryl methyl sites for hydroxylation is 1. The van der Waals surface area contributed by atoms with Crippen LogP contribution in [-0.4, -0.2) is 71.2 Å². The predicted octanol–water partition coefficient (Wildman–Crippen LogP) is 3.82. The summed E-state index contributed by atoms with van der Waals surface area (Å²) in [6.45, 7) is 4.14. The standard InChI is InChI=1S/C27H33N7O2S/c1-36-22-11-20(29)17(12-28)9-21(22)32-25-24-19-6-5-16(10-23(19)37-26(24)31-15-30-25)27(35)34-13-18(14-34)33-7-3-2-4-8-33/h9,11-12,15-16,18,28H,2-8,10,13-14,29H2,1H3,(H,30,31,32)/t16-/m0/s1. The smallest absolute Gasteiger partial charge is 0.226 e. The lowest BCUT2D eigenvalue weighted by Crippen LogP contribution is -2.63. The van der Waals surface area contributed by atoms with Crippen LogP contribution in [0, 0.1) is 11.3 Å². The summed E-state index contributed by atoms with van der Waals surface area (Å²) in [5.74, 6) is 1.64. The molecule has 0 radical (unpaired) electrons. The van der Waals surface area contributed by atoms with E-state index in [1.807, 2.05) is 0 Å². The van der Waals surface area contributed by atoms with Crippen LogP contribution in [0.15, 0.2) is 18.5 Å². The van der Waals surface area contributed by atoms with Crippen LogP contribution < -0.4 is 15.8 Å². The Bertz CT molecular complexity index is 1340. The number of nitrogens with one attached hydrogen (secondary N) is 2. The Balaban J connectivity index is 1.20. The second-order valence-corrected chi connectivity index (χ2v) is 11.4. The fraction of sp³-hybridized carbons (Fsp3) is 0.481. The van der Waals surface area contributed by atoms with Gasteiger partial charge in [-0.1, -0.05) is 6.42 Å². The van der Waals surface area contributed by atoms with Gasteiger partial charge in [0.15, 0.2) is 0 Å². The zero-order chi connectivity index (χ0) is 25.5. The van der Waals surface area contributed by atoms with Gasteiger partial charge < -0.3 is 26.1 Å². The lowest BCUT2D eigenvalue weighted by atomic mass is 9.86. The zero-order valence-electron chi connectivity index (χ0n) is 21.1. The van der Waals surface area contributed by atoms with E-state index in [2.05, 4.69) is 25.1 Å². The molecular formula is C27H33N7O2S. The molecule has 1 aliphatic carbocycles. The van der Waals surface area contributed by atoms with E-state index in [-0.39, 0.29) is 5.92 Å². The Hall–Kier alpha value is -3.24. The van der Waals surface area contributed by atoms with Gasteiger partial charge in [-0.2, -0.15) is 0 Å². The van der Waals surface area contributed by atoms with Crippen LogP contribution in [-0.2, 0) is 17.6 Å². The third-order valence-electron chi connectivity index (χ3n) is 8.09. The summed E-state index contributed by atoms with van der Waals surface area (Å²) in [7, 11) is 1.59. The van der Waals surface area contributed by atoms with Crippen molar-refractivity contribution in [2.45, 2.75) is 44.6 Å². The Kier molecular flexibility index (Phi) is 6.46. The highest BCUT2D eigenvalue weighted by Gasteiger charge is 2.39. The second-order valence-electron chi connectivity index (χ2n) is 10.3. The van der Waals surface area contributed by atoms with Gasteiger partial charge >= 0.3 is 0 Å². The molecule has 3 aliphatic rings. The number of likely N-dealkylation sites (tertiary alicyclic amines) is 2. The number of aromatic nitrogens is 2. The van der Waals surface area contributed by atoms with E-state index in [0.29, 0.717) is 40.5 Å². The second kappa shape index (κ2) is 9.90. The Morgan fingerprint density at radius 1 is 1.24 bits per heavy atom. The van der Waals surface area contributed by atoms with Gasteiger partial charge in [0, 0.05) is 53.5 Å². The van der Waals surface area contributed by atoms with E-state index in [1.54, 1.807) is 36.9 Å². The number of nitrogens with two attached hydrogens (primary N) is 1. The number of piperidine rings is 1. The summed E-state index contributed by atoms with van der Waals surface area (Å²) in [4.78, 5) is 29.2. The van der Waals surface area contributed by atoms with Gasteiger partial charge in [-0.25, -0.2) is 9.97 Å². The topological polar surface area (TPSA) is 120 Å². The molecule has 194 valence electrons. The predicted molar refractivity (Wildman–Crippen MR) is 147 cm³/mol. The van der Waals surface area contributed by atoms with Crippen LogP contribution in [0.4, 0.5) is 17.2 Å². The summed E-state index contributed by atoms with van der Waals surface area (Å²) in [6.07, 6.45) is 9.16. The van der Waals surface area contributed by atoms with Crippen LogP contribution in [0.3, 0.4) is 0 Å².